The number of hydrogen-bond acceptors (Lipinski definition) is 4. The molecular weight excluding hydrogens is 288 g/mol. The van der Waals surface area contributed by atoms with Crippen LogP contribution in [0.3, 0.4) is 0 Å². The van der Waals surface area contributed by atoms with Gasteiger partial charge in [-0.05, 0) is 30.7 Å². The van der Waals surface area contributed by atoms with Crippen molar-refractivity contribution in [2.45, 2.75) is 13.5 Å². The number of benzene rings is 1. The second-order valence-electron chi connectivity index (χ2n) is 4.34. The van der Waals surface area contributed by atoms with Gasteiger partial charge in [0.15, 0.2) is 0 Å². The molecule has 0 aliphatic carbocycles. The summed E-state index contributed by atoms with van der Waals surface area (Å²) in [6.45, 7) is 2.34. The van der Waals surface area contributed by atoms with E-state index in [4.69, 9.17) is 5.11 Å². The predicted octanol–water partition coefficient (Wildman–Crippen LogP) is 2.48. The van der Waals surface area contributed by atoms with Crippen molar-refractivity contribution in [1.29, 1.82) is 0 Å². The van der Waals surface area contributed by atoms with Crippen LogP contribution in [0.4, 0.5) is 0 Å². The quantitative estimate of drug-likeness (QED) is 0.832. The van der Waals surface area contributed by atoms with Crippen LogP contribution in [0.15, 0.2) is 36.5 Å². The smallest absolute Gasteiger partial charge is 0.328 e. The molecule has 2 aromatic rings. The van der Waals surface area contributed by atoms with Crippen LogP contribution in [0.2, 0.25) is 0 Å². The summed E-state index contributed by atoms with van der Waals surface area (Å²) < 4.78 is 0. The van der Waals surface area contributed by atoms with Gasteiger partial charge in [0, 0.05) is 22.7 Å². The Kier molecular flexibility index (Phi) is 4.84. The van der Waals surface area contributed by atoms with Crippen LogP contribution in [0.5, 0.6) is 0 Å². The molecule has 108 valence electrons. The number of carbonyl (C=O) groups excluding carboxylic acids is 1. The van der Waals surface area contributed by atoms with E-state index >= 15 is 0 Å². The fraction of sp³-hybridized carbons (Fsp3) is 0.133. The van der Waals surface area contributed by atoms with Gasteiger partial charge in [0.25, 0.3) is 5.91 Å². The number of nitrogens with zero attached hydrogens (tertiary/aromatic N) is 1. The Bertz CT molecular complexity index is 692. The maximum absolute atomic E-state index is 12.0. The standard InChI is InChI=1S/C15H14N2O3S/c1-10-8-16-13(21-10)9-17-15(20)12-4-2-3-11(7-12)5-6-14(18)19/h2-8H,9H2,1H3,(H,17,20)(H,18,19)/b6-5+. The van der Waals surface area contributed by atoms with Gasteiger partial charge in [-0.3, -0.25) is 4.79 Å². The van der Waals surface area contributed by atoms with E-state index in [-0.39, 0.29) is 5.91 Å². The highest BCUT2D eigenvalue weighted by molar-refractivity contribution is 7.11. The number of rotatable bonds is 5. The van der Waals surface area contributed by atoms with Crippen molar-refractivity contribution in [3.63, 3.8) is 0 Å². The van der Waals surface area contributed by atoms with Crippen molar-refractivity contribution in [1.82, 2.24) is 10.3 Å². The van der Waals surface area contributed by atoms with Crippen molar-refractivity contribution in [3.05, 3.63) is 57.6 Å². The Hall–Kier alpha value is -2.47. The Morgan fingerprint density at radius 3 is 2.90 bits per heavy atom. The molecule has 1 amide bonds. The third-order valence-electron chi connectivity index (χ3n) is 2.64. The normalized spacial score (nSPS) is 10.7. The highest BCUT2D eigenvalue weighted by Gasteiger charge is 2.07. The zero-order valence-corrected chi connectivity index (χ0v) is 12.2. The van der Waals surface area contributed by atoms with Crippen molar-refractivity contribution >= 4 is 29.3 Å². The van der Waals surface area contributed by atoms with Gasteiger partial charge >= 0.3 is 5.97 Å². The zero-order valence-electron chi connectivity index (χ0n) is 11.4. The Balaban J connectivity index is 2.02. The number of carboxylic acid groups (broad SMARTS) is 1. The van der Waals surface area contributed by atoms with Gasteiger partial charge in [0.1, 0.15) is 5.01 Å². The van der Waals surface area contributed by atoms with Gasteiger partial charge in [-0.25, -0.2) is 9.78 Å². The minimum atomic E-state index is -1.02. The SMILES string of the molecule is Cc1cnc(CNC(=O)c2cccc(/C=C/C(=O)O)c2)s1. The Morgan fingerprint density at radius 2 is 2.24 bits per heavy atom. The van der Waals surface area contributed by atoms with Crippen molar-refractivity contribution < 1.29 is 14.7 Å². The molecule has 1 heterocycles. The van der Waals surface area contributed by atoms with Crippen LogP contribution in [0, 0.1) is 6.92 Å². The molecule has 0 radical (unpaired) electrons. The molecule has 0 aliphatic rings. The molecule has 0 aliphatic heterocycles. The summed E-state index contributed by atoms with van der Waals surface area (Å²) in [4.78, 5) is 27.8. The number of carbonyl (C=O) groups is 2. The van der Waals surface area contributed by atoms with E-state index in [0.717, 1.165) is 16.0 Å². The van der Waals surface area contributed by atoms with Crippen LogP contribution in [-0.2, 0) is 11.3 Å². The minimum Gasteiger partial charge on any atom is -0.478 e. The summed E-state index contributed by atoms with van der Waals surface area (Å²) in [6.07, 6.45) is 4.25. The highest BCUT2D eigenvalue weighted by Crippen LogP contribution is 2.11. The van der Waals surface area contributed by atoms with E-state index in [2.05, 4.69) is 10.3 Å². The first-order chi connectivity index (χ1) is 10.0. The molecule has 0 unspecified atom stereocenters. The van der Waals surface area contributed by atoms with Crippen LogP contribution < -0.4 is 5.32 Å². The molecule has 0 saturated carbocycles. The molecule has 0 bridgehead atoms. The maximum Gasteiger partial charge on any atom is 0.328 e. The molecule has 1 aromatic heterocycles. The van der Waals surface area contributed by atoms with Crippen molar-refractivity contribution in [2.75, 3.05) is 0 Å². The number of aromatic nitrogens is 1. The summed E-state index contributed by atoms with van der Waals surface area (Å²) in [6, 6.07) is 6.77. The van der Waals surface area contributed by atoms with E-state index in [9.17, 15) is 9.59 Å². The predicted molar refractivity (Wildman–Crippen MR) is 81.1 cm³/mol. The van der Waals surface area contributed by atoms with Crippen LogP contribution in [0.1, 0.15) is 25.8 Å². The third-order valence-corrected chi connectivity index (χ3v) is 3.55. The lowest BCUT2D eigenvalue weighted by atomic mass is 10.1. The molecule has 2 rings (SSSR count). The largest absolute Gasteiger partial charge is 0.478 e. The van der Waals surface area contributed by atoms with Gasteiger partial charge in [-0.1, -0.05) is 12.1 Å². The molecule has 0 spiro atoms. The minimum absolute atomic E-state index is 0.214. The highest BCUT2D eigenvalue weighted by atomic mass is 32.1. The van der Waals surface area contributed by atoms with E-state index in [1.54, 1.807) is 30.5 Å². The second kappa shape index (κ2) is 6.81. The fourth-order valence-corrected chi connectivity index (χ4v) is 2.42. The van der Waals surface area contributed by atoms with Crippen LogP contribution in [-0.4, -0.2) is 22.0 Å². The van der Waals surface area contributed by atoms with E-state index < -0.39 is 5.97 Å². The number of nitrogens with one attached hydrogen (secondary N) is 1. The molecule has 5 nitrogen and oxygen atoms in total. The molecule has 2 N–H and O–H groups in total. The number of hydrogen-bond donors (Lipinski definition) is 2. The summed E-state index contributed by atoms with van der Waals surface area (Å²) >= 11 is 1.54. The monoisotopic (exact) mass is 302 g/mol. The van der Waals surface area contributed by atoms with E-state index in [1.165, 1.54) is 17.4 Å². The van der Waals surface area contributed by atoms with Crippen LogP contribution in [0.25, 0.3) is 6.08 Å². The lowest BCUT2D eigenvalue weighted by Crippen LogP contribution is -2.22. The van der Waals surface area contributed by atoms with Gasteiger partial charge in [0.2, 0.25) is 0 Å². The average molecular weight is 302 g/mol. The van der Waals surface area contributed by atoms with Crippen molar-refractivity contribution in [3.8, 4) is 0 Å². The molecule has 0 atom stereocenters. The first-order valence-electron chi connectivity index (χ1n) is 6.25. The number of aryl methyl sites for hydroxylation is 1. The topological polar surface area (TPSA) is 79.3 Å². The lowest BCUT2D eigenvalue weighted by molar-refractivity contribution is -0.131. The van der Waals surface area contributed by atoms with Crippen LogP contribution >= 0.6 is 11.3 Å². The number of amides is 1. The summed E-state index contributed by atoms with van der Waals surface area (Å²) in [5.74, 6) is -1.24. The summed E-state index contributed by atoms with van der Waals surface area (Å²) in [7, 11) is 0. The number of thiazole rings is 1. The summed E-state index contributed by atoms with van der Waals surface area (Å²) in [5.41, 5.74) is 1.14. The first kappa shape index (κ1) is 14.9. The summed E-state index contributed by atoms with van der Waals surface area (Å²) in [5, 5.41) is 12.2. The van der Waals surface area contributed by atoms with E-state index in [1.807, 2.05) is 6.92 Å². The molecule has 21 heavy (non-hydrogen) atoms. The van der Waals surface area contributed by atoms with E-state index in [0.29, 0.717) is 17.7 Å². The first-order valence-corrected chi connectivity index (χ1v) is 7.07. The van der Waals surface area contributed by atoms with Gasteiger partial charge in [-0.2, -0.15) is 0 Å². The Labute approximate surface area is 126 Å². The third kappa shape index (κ3) is 4.54. The molecule has 0 saturated heterocycles. The van der Waals surface area contributed by atoms with Crippen molar-refractivity contribution in [2.24, 2.45) is 0 Å². The van der Waals surface area contributed by atoms with Gasteiger partial charge < -0.3 is 10.4 Å². The van der Waals surface area contributed by atoms with Gasteiger partial charge in [0.05, 0.1) is 6.54 Å². The number of carboxylic acids is 1. The molecule has 0 fully saturated rings. The molecular formula is C15H14N2O3S. The molecule has 1 aromatic carbocycles. The number of aliphatic carboxylic acids is 1. The molecule has 6 heteroatoms. The average Bonchev–Trinajstić information content (AvgIpc) is 2.88. The Morgan fingerprint density at radius 1 is 1.43 bits per heavy atom. The fourth-order valence-electron chi connectivity index (χ4n) is 1.69. The lowest BCUT2D eigenvalue weighted by Gasteiger charge is -2.04. The second-order valence-corrected chi connectivity index (χ2v) is 5.66. The maximum atomic E-state index is 12.0. The van der Waals surface area contributed by atoms with Gasteiger partial charge in [-0.15, -0.1) is 11.3 Å². The zero-order chi connectivity index (χ0) is 15.2.